The fourth-order valence-electron chi connectivity index (χ4n) is 2.57. The lowest BCUT2D eigenvalue weighted by Gasteiger charge is -2.18. The molecule has 0 amide bonds. The third-order valence-corrected chi connectivity index (χ3v) is 4.52. The van der Waals surface area contributed by atoms with Crippen LogP contribution in [0.15, 0.2) is 77.8 Å². The molecule has 142 valence electrons. The van der Waals surface area contributed by atoms with E-state index in [2.05, 4.69) is 25.8 Å². The highest BCUT2D eigenvalue weighted by molar-refractivity contribution is 6.30. The van der Waals surface area contributed by atoms with E-state index in [0.717, 1.165) is 11.3 Å². The van der Waals surface area contributed by atoms with Gasteiger partial charge in [-0.1, -0.05) is 44.5 Å². The molecule has 4 heteroatoms. The van der Waals surface area contributed by atoms with E-state index in [1.54, 1.807) is 42.6 Å². The van der Waals surface area contributed by atoms with Gasteiger partial charge in [-0.3, -0.25) is 4.99 Å². The van der Waals surface area contributed by atoms with Gasteiger partial charge >= 0.3 is 5.97 Å². The molecule has 0 heterocycles. The first-order valence-electron chi connectivity index (χ1n) is 9.04. The van der Waals surface area contributed by atoms with E-state index in [9.17, 15) is 4.79 Å². The van der Waals surface area contributed by atoms with Gasteiger partial charge in [0.15, 0.2) is 0 Å². The maximum absolute atomic E-state index is 12.3. The van der Waals surface area contributed by atoms with Gasteiger partial charge in [-0.25, -0.2) is 4.79 Å². The summed E-state index contributed by atoms with van der Waals surface area (Å²) < 4.78 is 5.46. The van der Waals surface area contributed by atoms with Gasteiger partial charge in [0.1, 0.15) is 5.75 Å². The molecule has 0 radical (unpaired) electrons. The molecule has 0 N–H and O–H groups in total. The van der Waals surface area contributed by atoms with Crippen LogP contribution in [0.25, 0.3) is 0 Å². The first-order valence-corrected chi connectivity index (χ1v) is 9.41. The van der Waals surface area contributed by atoms with Gasteiger partial charge in [-0.05, 0) is 77.2 Å². The first-order chi connectivity index (χ1) is 13.3. The van der Waals surface area contributed by atoms with Crippen molar-refractivity contribution in [3.63, 3.8) is 0 Å². The Kier molecular flexibility index (Phi) is 5.96. The Morgan fingerprint density at radius 3 is 2.07 bits per heavy atom. The van der Waals surface area contributed by atoms with Crippen LogP contribution >= 0.6 is 11.6 Å². The highest BCUT2D eigenvalue weighted by Gasteiger charge is 2.15. The van der Waals surface area contributed by atoms with Crippen LogP contribution in [0, 0.1) is 0 Å². The molecule has 3 aromatic carbocycles. The standard InChI is InChI=1S/C24H22ClNO2/c1-24(2,3)19-8-6-18(7-9-19)23(27)28-22-14-4-17(5-15-22)16-26-21-12-10-20(25)11-13-21/h4-16H,1-3H3. The van der Waals surface area contributed by atoms with E-state index in [0.29, 0.717) is 16.3 Å². The van der Waals surface area contributed by atoms with Crippen LogP contribution < -0.4 is 4.74 Å². The summed E-state index contributed by atoms with van der Waals surface area (Å²) in [5, 5.41) is 0.679. The normalized spacial score (nSPS) is 11.6. The van der Waals surface area contributed by atoms with Crippen molar-refractivity contribution in [1.82, 2.24) is 0 Å². The lowest BCUT2D eigenvalue weighted by molar-refractivity contribution is 0.0734. The van der Waals surface area contributed by atoms with Gasteiger partial charge in [0.25, 0.3) is 0 Å². The highest BCUT2D eigenvalue weighted by Crippen LogP contribution is 2.23. The molecule has 0 saturated carbocycles. The quantitative estimate of drug-likeness (QED) is 0.285. The number of hydrogen-bond donors (Lipinski definition) is 0. The summed E-state index contributed by atoms with van der Waals surface area (Å²) in [6.07, 6.45) is 1.75. The van der Waals surface area contributed by atoms with Crippen molar-refractivity contribution in [3.8, 4) is 5.75 Å². The van der Waals surface area contributed by atoms with Gasteiger partial charge in [-0.15, -0.1) is 0 Å². The molecule has 0 saturated heterocycles. The average Bonchev–Trinajstić information content (AvgIpc) is 2.68. The topological polar surface area (TPSA) is 38.7 Å². The second-order valence-electron chi connectivity index (χ2n) is 7.52. The Hall–Kier alpha value is -2.91. The summed E-state index contributed by atoms with van der Waals surface area (Å²) in [5.41, 5.74) is 3.48. The molecule has 0 fully saturated rings. The summed E-state index contributed by atoms with van der Waals surface area (Å²) in [5.74, 6) is 0.122. The van der Waals surface area contributed by atoms with Crippen molar-refractivity contribution in [2.24, 2.45) is 4.99 Å². The van der Waals surface area contributed by atoms with Gasteiger partial charge in [0.05, 0.1) is 11.3 Å². The summed E-state index contributed by atoms with van der Waals surface area (Å²) >= 11 is 5.87. The fraction of sp³-hybridized carbons (Fsp3) is 0.167. The molecule has 3 rings (SSSR count). The number of ether oxygens (including phenoxy) is 1. The summed E-state index contributed by atoms with van der Waals surface area (Å²) in [6.45, 7) is 6.41. The molecule has 0 aliphatic rings. The molecular weight excluding hydrogens is 370 g/mol. The van der Waals surface area contributed by atoms with Gasteiger partial charge < -0.3 is 4.74 Å². The minimum absolute atomic E-state index is 0.0475. The Morgan fingerprint density at radius 2 is 1.50 bits per heavy atom. The molecule has 3 nitrogen and oxygen atoms in total. The smallest absolute Gasteiger partial charge is 0.343 e. The van der Waals surface area contributed by atoms with Crippen molar-refractivity contribution < 1.29 is 9.53 Å². The molecule has 0 aromatic heterocycles. The van der Waals surface area contributed by atoms with Crippen LogP contribution in [0.5, 0.6) is 5.75 Å². The van der Waals surface area contributed by atoms with Gasteiger partial charge in [-0.2, -0.15) is 0 Å². The van der Waals surface area contributed by atoms with E-state index in [-0.39, 0.29) is 11.4 Å². The number of esters is 1. The SMILES string of the molecule is CC(C)(C)c1ccc(C(=O)Oc2ccc(C=Nc3ccc(Cl)cc3)cc2)cc1. The maximum Gasteiger partial charge on any atom is 0.343 e. The minimum Gasteiger partial charge on any atom is -0.423 e. The van der Waals surface area contributed by atoms with Crippen molar-refractivity contribution in [1.29, 1.82) is 0 Å². The molecular formula is C24H22ClNO2. The van der Waals surface area contributed by atoms with Crippen LogP contribution in [0.2, 0.25) is 5.02 Å². The molecule has 0 aliphatic heterocycles. The van der Waals surface area contributed by atoms with E-state index >= 15 is 0 Å². The van der Waals surface area contributed by atoms with Gasteiger partial charge in [0, 0.05) is 11.2 Å². The minimum atomic E-state index is -0.372. The number of rotatable bonds is 4. The highest BCUT2D eigenvalue weighted by atomic mass is 35.5. The van der Waals surface area contributed by atoms with Crippen LogP contribution in [0.1, 0.15) is 42.3 Å². The molecule has 3 aromatic rings. The molecule has 0 spiro atoms. The van der Waals surface area contributed by atoms with Crippen molar-refractivity contribution >= 4 is 29.5 Å². The lowest BCUT2D eigenvalue weighted by atomic mass is 9.87. The Morgan fingerprint density at radius 1 is 0.893 bits per heavy atom. The van der Waals surface area contributed by atoms with Crippen molar-refractivity contribution in [2.45, 2.75) is 26.2 Å². The first kappa shape index (κ1) is 19.8. The number of nitrogens with zero attached hydrogens (tertiary/aromatic N) is 1. The molecule has 0 unspecified atom stereocenters. The number of halogens is 1. The van der Waals surface area contributed by atoms with Crippen molar-refractivity contribution in [2.75, 3.05) is 0 Å². The third kappa shape index (κ3) is 5.30. The zero-order valence-electron chi connectivity index (χ0n) is 16.1. The van der Waals surface area contributed by atoms with Crippen LogP contribution in [0.4, 0.5) is 5.69 Å². The second-order valence-corrected chi connectivity index (χ2v) is 7.96. The average molecular weight is 392 g/mol. The zero-order valence-corrected chi connectivity index (χ0v) is 16.9. The molecule has 0 bridgehead atoms. The second kappa shape index (κ2) is 8.41. The number of benzene rings is 3. The van der Waals surface area contributed by atoms with Crippen LogP contribution in [-0.2, 0) is 5.41 Å². The predicted molar refractivity (Wildman–Crippen MR) is 115 cm³/mol. The Balaban J connectivity index is 1.63. The zero-order chi connectivity index (χ0) is 20.1. The van der Waals surface area contributed by atoms with Crippen LogP contribution in [-0.4, -0.2) is 12.2 Å². The summed E-state index contributed by atoms with van der Waals surface area (Å²) in [7, 11) is 0. The summed E-state index contributed by atoms with van der Waals surface area (Å²) in [4.78, 5) is 16.7. The van der Waals surface area contributed by atoms with E-state index in [4.69, 9.17) is 16.3 Å². The fourth-order valence-corrected chi connectivity index (χ4v) is 2.70. The summed E-state index contributed by atoms with van der Waals surface area (Å²) in [6, 6.07) is 22.0. The van der Waals surface area contributed by atoms with E-state index < -0.39 is 0 Å². The lowest BCUT2D eigenvalue weighted by Crippen LogP contribution is -2.12. The largest absolute Gasteiger partial charge is 0.423 e. The molecule has 28 heavy (non-hydrogen) atoms. The third-order valence-electron chi connectivity index (χ3n) is 4.27. The monoisotopic (exact) mass is 391 g/mol. The predicted octanol–water partition coefficient (Wildman–Crippen LogP) is 6.61. The Labute approximate surface area is 170 Å². The molecule has 0 aliphatic carbocycles. The molecule has 0 atom stereocenters. The maximum atomic E-state index is 12.3. The number of hydrogen-bond acceptors (Lipinski definition) is 3. The van der Waals surface area contributed by atoms with Crippen molar-refractivity contribution in [3.05, 3.63) is 94.5 Å². The van der Waals surface area contributed by atoms with E-state index in [1.165, 1.54) is 5.56 Å². The van der Waals surface area contributed by atoms with E-state index in [1.807, 2.05) is 36.4 Å². The number of carbonyl (C=O) groups is 1. The Bertz CT molecular complexity index is 967. The van der Waals surface area contributed by atoms with Gasteiger partial charge in [0.2, 0.25) is 0 Å². The number of carbonyl (C=O) groups excluding carboxylic acids is 1. The van der Waals surface area contributed by atoms with Crippen LogP contribution in [0.3, 0.4) is 0 Å². The number of aliphatic imine (C=N–C) groups is 1.